The predicted molar refractivity (Wildman–Crippen MR) is 118 cm³/mol. The van der Waals surface area contributed by atoms with Crippen molar-refractivity contribution in [3.05, 3.63) is 93.7 Å². The maximum absolute atomic E-state index is 12.8. The zero-order valence-electron chi connectivity index (χ0n) is 16.7. The Morgan fingerprint density at radius 2 is 1.66 bits per heavy atom. The fourth-order valence-electron chi connectivity index (χ4n) is 3.14. The molecule has 0 bridgehead atoms. The molecule has 0 saturated heterocycles. The lowest BCUT2D eigenvalue weighted by atomic mass is 10.0. The molecule has 1 heterocycles. The van der Waals surface area contributed by atoms with Gasteiger partial charge in [0.1, 0.15) is 6.04 Å². The van der Waals surface area contributed by atoms with Gasteiger partial charge in [-0.25, -0.2) is 0 Å². The monoisotopic (exact) mass is 406 g/mol. The second kappa shape index (κ2) is 10.0. The van der Waals surface area contributed by atoms with E-state index in [1.807, 2.05) is 23.6 Å². The molecule has 2 amide bonds. The molecule has 2 unspecified atom stereocenters. The van der Waals surface area contributed by atoms with Crippen LogP contribution in [0.1, 0.15) is 52.7 Å². The molecule has 0 aliphatic heterocycles. The third kappa shape index (κ3) is 5.55. The standard InChI is InChI=1S/C24H26N2O2S/c1-3-8-18-12-14-19(15-13-18)22(21-11-7-16-29-21)26-23(27)17(2)25-24(28)20-9-5-4-6-10-20/h4-7,9-17,22H,3,8H2,1-2H3,(H,25,28)(H,26,27). The Morgan fingerprint density at radius 3 is 2.28 bits per heavy atom. The Bertz CT molecular complexity index is 921. The minimum Gasteiger partial charge on any atom is -0.343 e. The molecule has 3 aromatic rings. The highest BCUT2D eigenvalue weighted by molar-refractivity contribution is 7.10. The van der Waals surface area contributed by atoms with E-state index in [0.717, 1.165) is 23.3 Å². The average Bonchev–Trinajstić information content (AvgIpc) is 3.28. The van der Waals surface area contributed by atoms with Crippen LogP contribution in [-0.2, 0) is 11.2 Å². The van der Waals surface area contributed by atoms with Crippen molar-refractivity contribution in [3.8, 4) is 0 Å². The van der Waals surface area contributed by atoms with Crippen LogP contribution in [0.3, 0.4) is 0 Å². The Kier molecular flexibility index (Phi) is 7.19. The number of carbonyl (C=O) groups is 2. The van der Waals surface area contributed by atoms with E-state index in [9.17, 15) is 9.59 Å². The number of thiophene rings is 1. The van der Waals surface area contributed by atoms with Crippen LogP contribution in [0.25, 0.3) is 0 Å². The highest BCUT2D eigenvalue weighted by atomic mass is 32.1. The third-order valence-corrected chi connectivity index (χ3v) is 5.68. The van der Waals surface area contributed by atoms with Gasteiger partial charge < -0.3 is 10.6 Å². The quantitative estimate of drug-likeness (QED) is 0.568. The minimum absolute atomic E-state index is 0.217. The van der Waals surface area contributed by atoms with E-state index in [0.29, 0.717) is 5.56 Å². The van der Waals surface area contributed by atoms with Crippen molar-refractivity contribution in [3.63, 3.8) is 0 Å². The molecule has 0 aliphatic carbocycles. The summed E-state index contributed by atoms with van der Waals surface area (Å²) < 4.78 is 0. The van der Waals surface area contributed by atoms with Gasteiger partial charge in [-0.2, -0.15) is 0 Å². The Labute approximate surface area is 176 Å². The zero-order valence-corrected chi connectivity index (χ0v) is 17.5. The average molecular weight is 407 g/mol. The first-order chi connectivity index (χ1) is 14.1. The van der Waals surface area contributed by atoms with Crippen LogP contribution < -0.4 is 10.6 Å². The first kappa shape index (κ1) is 20.8. The Hall–Kier alpha value is -2.92. The van der Waals surface area contributed by atoms with Gasteiger partial charge in [-0.1, -0.05) is 61.9 Å². The molecule has 4 nitrogen and oxygen atoms in total. The van der Waals surface area contributed by atoms with Gasteiger partial charge in [0.15, 0.2) is 0 Å². The number of hydrogen-bond donors (Lipinski definition) is 2. The largest absolute Gasteiger partial charge is 0.343 e. The fourth-order valence-corrected chi connectivity index (χ4v) is 3.94. The van der Waals surface area contributed by atoms with Crippen LogP contribution in [0.2, 0.25) is 0 Å². The van der Waals surface area contributed by atoms with Gasteiger partial charge in [0, 0.05) is 10.4 Å². The first-order valence-corrected chi connectivity index (χ1v) is 10.7. The number of amides is 2. The molecule has 2 N–H and O–H groups in total. The summed E-state index contributed by atoms with van der Waals surface area (Å²) in [6.45, 7) is 3.86. The van der Waals surface area contributed by atoms with E-state index < -0.39 is 6.04 Å². The van der Waals surface area contributed by atoms with E-state index in [1.165, 1.54) is 5.56 Å². The lowest BCUT2D eigenvalue weighted by molar-refractivity contribution is -0.123. The Balaban J connectivity index is 1.72. The summed E-state index contributed by atoms with van der Waals surface area (Å²) in [5.74, 6) is -0.477. The predicted octanol–water partition coefficient (Wildman–Crippen LogP) is 4.72. The van der Waals surface area contributed by atoms with E-state index in [1.54, 1.807) is 42.5 Å². The molecule has 2 aromatic carbocycles. The smallest absolute Gasteiger partial charge is 0.251 e. The molecule has 0 spiro atoms. The highest BCUT2D eigenvalue weighted by Crippen LogP contribution is 2.26. The summed E-state index contributed by atoms with van der Waals surface area (Å²) in [5, 5.41) is 7.88. The van der Waals surface area contributed by atoms with Gasteiger partial charge in [-0.3, -0.25) is 9.59 Å². The highest BCUT2D eigenvalue weighted by Gasteiger charge is 2.22. The molecule has 1 aromatic heterocycles. The summed E-state index contributed by atoms with van der Waals surface area (Å²) in [5.41, 5.74) is 2.85. The lowest BCUT2D eigenvalue weighted by Gasteiger charge is -2.21. The molecule has 0 radical (unpaired) electrons. The van der Waals surface area contributed by atoms with E-state index >= 15 is 0 Å². The van der Waals surface area contributed by atoms with Gasteiger partial charge in [0.05, 0.1) is 6.04 Å². The SMILES string of the molecule is CCCc1ccc(C(NC(=O)C(C)NC(=O)c2ccccc2)c2cccs2)cc1. The minimum atomic E-state index is -0.649. The summed E-state index contributed by atoms with van der Waals surface area (Å²) in [7, 11) is 0. The van der Waals surface area contributed by atoms with Gasteiger partial charge in [-0.05, 0) is 48.1 Å². The van der Waals surface area contributed by atoms with E-state index in [2.05, 4.69) is 41.8 Å². The zero-order chi connectivity index (χ0) is 20.6. The second-order valence-electron chi connectivity index (χ2n) is 7.01. The maximum Gasteiger partial charge on any atom is 0.251 e. The number of rotatable bonds is 8. The van der Waals surface area contributed by atoms with Gasteiger partial charge >= 0.3 is 0 Å². The van der Waals surface area contributed by atoms with Crippen molar-refractivity contribution in [1.82, 2.24) is 10.6 Å². The fraction of sp³-hybridized carbons (Fsp3) is 0.250. The summed E-state index contributed by atoms with van der Waals surface area (Å²) >= 11 is 1.60. The molecular formula is C24H26N2O2S. The van der Waals surface area contributed by atoms with Crippen LogP contribution in [0, 0.1) is 0 Å². The second-order valence-corrected chi connectivity index (χ2v) is 7.99. The molecule has 0 aliphatic rings. The number of nitrogens with one attached hydrogen (secondary N) is 2. The van der Waals surface area contributed by atoms with Crippen LogP contribution in [0.15, 0.2) is 72.1 Å². The van der Waals surface area contributed by atoms with Crippen molar-refractivity contribution in [2.75, 3.05) is 0 Å². The molecule has 29 heavy (non-hydrogen) atoms. The third-order valence-electron chi connectivity index (χ3n) is 4.74. The molecule has 3 rings (SSSR count). The molecule has 0 fully saturated rings. The number of hydrogen-bond acceptors (Lipinski definition) is 3. The van der Waals surface area contributed by atoms with Crippen LogP contribution in [-0.4, -0.2) is 17.9 Å². The van der Waals surface area contributed by atoms with Crippen molar-refractivity contribution < 1.29 is 9.59 Å². The number of benzene rings is 2. The van der Waals surface area contributed by atoms with E-state index in [-0.39, 0.29) is 17.9 Å². The molecule has 5 heteroatoms. The van der Waals surface area contributed by atoms with E-state index in [4.69, 9.17) is 0 Å². The molecule has 0 saturated carbocycles. The summed E-state index contributed by atoms with van der Waals surface area (Å²) in [6.07, 6.45) is 2.14. The van der Waals surface area contributed by atoms with Crippen LogP contribution in [0.4, 0.5) is 0 Å². The van der Waals surface area contributed by atoms with Crippen molar-refractivity contribution >= 4 is 23.2 Å². The van der Waals surface area contributed by atoms with Crippen molar-refractivity contribution in [2.45, 2.75) is 38.8 Å². The Morgan fingerprint density at radius 1 is 0.931 bits per heavy atom. The first-order valence-electron chi connectivity index (χ1n) is 9.87. The lowest BCUT2D eigenvalue weighted by Crippen LogP contribution is -2.46. The van der Waals surface area contributed by atoms with Gasteiger partial charge in [0.2, 0.25) is 5.91 Å². The summed E-state index contributed by atoms with van der Waals surface area (Å²) in [6, 6.07) is 20.4. The molecular weight excluding hydrogens is 380 g/mol. The van der Waals surface area contributed by atoms with Crippen LogP contribution in [0.5, 0.6) is 0 Å². The van der Waals surface area contributed by atoms with Crippen molar-refractivity contribution in [2.24, 2.45) is 0 Å². The van der Waals surface area contributed by atoms with Gasteiger partial charge in [0.25, 0.3) is 5.91 Å². The van der Waals surface area contributed by atoms with Crippen LogP contribution >= 0.6 is 11.3 Å². The normalized spacial score (nSPS) is 12.8. The molecule has 2 atom stereocenters. The number of aryl methyl sites for hydroxylation is 1. The van der Waals surface area contributed by atoms with Crippen molar-refractivity contribution in [1.29, 1.82) is 0 Å². The maximum atomic E-state index is 12.8. The summed E-state index contributed by atoms with van der Waals surface area (Å²) in [4.78, 5) is 26.2. The number of carbonyl (C=O) groups excluding carboxylic acids is 2. The van der Waals surface area contributed by atoms with Gasteiger partial charge in [-0.15, -0.1) is 11.3 Å². The molecule has 150 valence electrons. The topological polar surface area (TPSA) is 58.2 Å².